The summed E-state index contributed by atoms with van der Waals surface area (Å²) in [6.07, 6.45) is 6.31. The van der Waals surface area contributed by atoms with Gasteiger partial charge >= 0.3 is 6.01 Å². The monoisotopic (exact) mass is 334 g/mol. The molecule has 2 N–H and O–H groups in total. The lowest BCUT2D eigenvalue weighted by molar-refractivity contribution is -0.122. The summed E-state index contributed by atoms with van der Waals surface area (Å²) >= 11 is 0. The van der Waals surface area contributed by atoms with Crippen LogP contribution in [0.1, 0.15) is 38.5 Å². The van der Waals surface area contributed by atoms with E-state index in [1.807, 2.05) is 0 Å². The molecule has 1 amide bonds. The van der Waals surface area contributed by atoms with Crippen molar-refractivity contribution in [3.8, 4) is 6.01 Å². The van der Waals surface area contributed by atoms with E-state index in [1.54, 1.807) is 7.11 Å². The third kappa shape index (κ3) is 3.85. The van der Waals surface area contributed by atoms with Crippen LogP contribution >= 0.6 is 0 Å². The van der Waals surface area contributed by atoms with Crippen molar-refractivity contribution in [3.05, 3.63) is 0 Å². The first kappa shape index (κ1) is 16.7. The molecule has 2 aliphatic rings. The van der Waals surface area contributed by atoms with Gasteiger partial charge < -0.3 is 20.3 Å². The van der Waals surface area contributed by atoms with Crippen LogP contribution in [0.4, 0.5) is 11.9 Å². The summed E-state index contributed by atoms with van der Waals surface area (Å²) in [6.45, 7) is 3.38. The highest BCUT2D eigenvalue weighted by Crippen LogP contribution is 2.24. The molecule has 1 aromatic rings. The molecule has 0 spiro atoms. The lowest BCUT2D eigenvalue weighted by Crippen LogP contribution is -2.39. The Balaban J connectivity index is 1.78. The van der Waals surface area contributed by atoms with Gasteiger partial charge in [-0.15, -0.1) is 0 Å². The number of nitrogens with zero attached hydrogens (tertiary/aromatic N) is 5. The van der Waals surface area contributed by atoms with Crippen LogP contribution in [0.25, 0.3) is 0 Å². The van der Waals surface area contributed by atoms with Crippen LogP contribution in [-0.2, 0) is 4.79 Å². The highest BCUT2D eigenvalue weighted by Gasteiger charge is 2.26. The molecule has 2 saturated heterocycles. The fraction of sp³-hybridized carbons (Fsp3) is 0.750. The average molecular weight is 334 g/mol. The first-order valence-electron chi connectivity index (χ1n) is 8.76. The molecule has 24 heavy (non-hydrogen) atoms. The fourth-order valence-electron chi connectivity index (χ4n) is 3.34. The van der Waals surface area contributed by atoms with Gasteiger partial charge in [0.2, 0.25) is 17.8 Å². The molecule has 0 radical (unpaired) electrons. The van der Waals surface area contributed by atoms with E-state index in [4.69, 9.17) is 10.5 Å². The van der Waals surface area contributed by atoms with E-state index in [0.717, 1.165) is 51.9 Å². The zero-order valence-electron chi connectivity index (χ0n) is 14.3. The number of anilines is 2. The Hall–Kier alpha value is -2.12. The minimum atomic E-state index is -0.215. The molecule has 0 bridgehead atoms. The maximum absolute atomic E-state index is 11.3. The van der Waals surface area contributed by atoms with Crippen molar-refractivity contribution in [2.45, 2.75) is 38.5 Å². The Morgan fingerprint density at radius 2 is 1.50 bits per heavy atom. The van der Waals surface area contributed by atoms with Crippen molar-refractivity contribution in [1.82, 2.24) is 15.0 Å². The second-order valence-electron chi connectivity index (χ2n) is 6.49. The minimum absolute atomic E-state index is 0.0462. The summed E-state index contributed by atoms with van der Waals surface area (Å²) in [5.41, 5.74) is 5.41. The number of primary amides is 1. The third-order valence-corrected chi connectivity index (χ3v) is 4.84. The Bertz CT molecular complexity index is 566. The molecule has 8 heteroatoms. The molecule has 3 heterocycles. The molecule has 8 nitrogen and oxygen atoms in total. The van der Waals surface area contributed by atoms with Crippen molar-refractivity contribution in [3.63, 3.8) is 0 Å². The van der Waals surface area contributed by atoms with E-state index in [9.17, 15) is 4.79 Å². The number of hydrogen-bond acceptors (Lipinski definition) is 7. The zero-order valence-corrected chi connectivity index (χ0v) is 14.3. The van der Waals surface area contributed by atoms with E-state index in [1.165, 1.54) is 12.8 Å². The lowest BCUT2D eigenvalue weighted by atomic mass is 9.96. The Kier molecular flexibility index (Phi) is 5.32. The van der Waals surface area contributed by atoms with Crippen molar-refractivity contribution in [2.75, 3.05) is 43.1 Å². The number of carbonyl (C=O) groups excluding carboxylic acids is 1. The van der Waals surface area contributed by atoms with E-state index >= 15 is 0 Å². The number of ether oxygens (including phenoxy) is 1. The fourth-order valence-corrected chi connectivity index (χ4v) is 3.34. The molecule has 2 aliphatic heterocycles. The maximum atomic E-state index is 11.3. The smallest absolute Gasteiger partial charge is 0.322 e. The van der Waals surface area contributed by atoms with Gasteiger partial charge in [0, 0.05) is 32.1 Å². The summed E-state index contributed by atoms with van der Waals surface area (Å²) in [6, 6.07) is 0.344. The highest BCUT2D eigenvalue weighted by atomic mass is 16.5. The predicted octanol–water partition coefficient (Wildman–Crippen LogP) is 0.962. The normalized spacial score (nSPS) is 19.9. The van der Waals surface area contributed by atoms with Crippen molar-refractivity contribution < 1.29 is 9.53 Å². The SMILES string of the molecule is COc1nc(N2CCCCCC2)nc(N2CCC(C(N)=O)CC2)n1. The highest BCUT2D eigenvalue weighted by molar-refractivity contribution is 5.76. The quantitative estimate of drug-likeness (QED) is 0.876. The van der Waals surface area contributed by atoms with Gasteiger partial charge in [-0.25, -0.2) is 0 Å². The molecule has 2 fully saturated rings. The van der Waals surface area contributed by atoms with Gasteiger partial charge in [-0.05, 0) is 25.7 Å². The van der Waals surface area contributed by atoms with Crippen LogP contribution in [-0.4, -0.2) is 54.1 Å². The van der Waals surface area contributed by atoms with E-state index in [0.29, 0.717) is 17.9 Å². The standard InChI is InChI=1S/C16H26N6O2/c1-24-16-19-14(21-8-4-2-3-5-9-21)18-15(20-16)22-10-6-12(7-11-22)13(17)23/h12H,2-11H2,1H3,(H2,17,23). The molecule has 0 aliphatic carbocycles. The Labute approximate surface area is 142 Å². The van der Waals surface area contributed by atoms with Gasteiger partial charge in [0.15, 0.2) is 0 Å². The second-order valence-corrected chi connectivity index (χ2v) is 6.49. The zero-order chi connectivity index (χ0) is 16.9. The first-order chi connectivity index (χ1) is 11.7. The largest absolute Gasteiger partial charge is 0.467 e. The summed E-state index contributed by atoms with van der Waals surface area (Å²) in [4.78, 5) is 29.1. The van der Waals surface area contributed by atoms with E-state index in [-0.39, 0.29) is 11.8 Å². The van der Waals surface area contributed by atoms with Crippen molar-refractivity contribution in [1.29, 1.82) is 0 Å². The molecular formula is C16H26N6O2. The first-order valence-corrected chi connectivity index (χ1v) is 8.76. The summed E-state index contributed by atoms with van der Waals surface area (Å²) in [7, 11) is 1.57. The van der Waals surface area contributed by atoms with Crippen molar-refractivity contribution >= 4 is 17.8 Å². The summed E-state index contributed by atoms with van der Waals surface area (Å²) < 4.78 is 5.28. The van der Waals surface area contributed by atoms with Gasteiger partial charge in [0.1, 0.15) is 0 Å². The summed E-state index contributed by atoms with van der Waals surface area (Å²) in [5.74, 6) is 1.06. The van der Waals surface area contributed by atoms with Crippen LogP contribution in [0, 0.1) is 5.92 Å². The molecule has 132 valence electrons. The molecule has 0 unspecified atom stereocenters. The van der Waals surface area contributed by atoms with Gasteiger partial charge in [-0.2, -0.15) is 15.0 Å². The number of piperidine rings is 1. The van der Waals surface area contributed by atoms with Gasteiger partial charge in [0.05, 0.1) is 7.11 Å². The minimum Gasteiger partial charge on any atom is -0.467 e. The van der Waals surface area contributed by atoms with Gasteiger partial charge in [-0.3, -0.25) is 4.79 Å². The van der Waals surface area contributed by atoms with Crippen molar-refractivity contribution in [2.24, 2.45) is 11.7 Å². The average Bonchev–Trinajstić information content (AvgIpc) is 2.91. The molecule has 0 saturated carbocycles. The molecule has 1 aromatic heterocycles. The van der Waals surface area contributed by atoms with Crippen LogP contribution in [0.5, 0.6) is 6.01 Å². The third-order valence-electron chi connectivity index (χ3n) is 4.84. The number of methoxy groups -OCH3 is 1. The predicted molar refractivity (Wildman–Crippen MR) is 91.2 cm³/mol. The lowest BCUT2D eigenvalue weighted by Gasteiger charge is -2.31. The summed E-state index contributed by atoms with van der Waals surface area (Å²) in [5, 5.41) is 0. The molecule has 0 atom stereocenters. The van der Waals surface area contributed by atoms with E-state index in [2.05, 4.69) is 24.8 Å². The second kappa shape index (κ2) is 7.63. The Morgan fingerprint density at radius 3 is 2.00 bits per heavy atom. The van der Waals surface area contributed by atoms with Crippen LogP contribution in [0.2, 0.25) is 0 Å². The molecular weight excluding hydrogens is 308 g/mol. The maximum Gasteiger partial charge on any atom is 0.322 e. The van der Waals surface area contributed by atoms with Gasteiger partial charge in [-0.1, -0.05) is 12.8 Å². The van der Waals surface area contributed by atoms with Gasteiger partial charge in [0.25, 0.3) is 0 Å². The number of carbonyl (C=O) groups is 1. The number of nitrogens with two attached hydrogens (primary N) is 1. The number of hydrogen-bond donors (Lipinski definition) is 1. The molecule has 3 rings (SSSR count). The van der Waals surface area contributed by atoms with Crippen LogP contribution in [0.3, 0.4) is 0 Å². The molecule has 0 aromatic carbocycles. The Morgan fingerprint density at radius 1 is 0.958 bits per heavy atom. The van der Waals surface area contributed by atoms with Crippen LogP contribution in [0.15, 0.2) is 0 Å². The number of amides is 1. The topological polar surface area (TPSA) is 97.5 Å². The van der Waals surface area contributed by atoms with Crippen LogP contribution < -0.4 is 20.3 Å². The number of aromatic nitrogens is 3. The number of rotatable bonds is 4. The van der Waals surface area contributed by atoms with E-state index < -0.39 is 0 Å².